The average Bonchev–Trinajstić information content (AvgIpc) is 3.02. The predicted molar refractivity (Wildman–Crippen MR) is 181 cm³/mol. The van der Waals surface area contributed by atoms with Crippen LogP contribution in [0.5, 0.6) is 11.5 Å². The van der Waals surface area contributed by atoms with Crippen molar-refractivity contribution in [3.05, 3.63) is 87.9 Å². The smallest absolute Gasteiger partial charge is 0.334 e. The second-order valence-electron chi connectivity index (χ2n) is 12.5. The van der Waals surface area contributed by atoms with E-state index >= 15 is 0 Å². The summed E-state index contributed by atoms with van der Waals surface area (Å²) in [6.45, 7) is 4.64. The van der Waals surface area contributed by atoms with Gasteiger partial charge in [-0.25, -0.2) is 14.8 Å². The summed E-state index contributed by atoms with van der Waals surface area (Å²) in [7, 11) is 7.11. The van der Waals surface area contributed by atoms with Crippen LogP contribution in [0.25, 0.3) is 0 Å². The molecule has 12 heteroatoms. The molecular formula is C35H43ClN6O5. The van der Waals surface area contributed by atoms with Crippen LogP contribution in [-0.2, 0) is 29.1 Å². The van der Waals surface area contributed by atoms with Crippen LogP contribution in [0, 0.1) is 0 Å². The summed E-state index contributed by atoms with van der Waals surface area (Å²) in [4.78, 5) is 47.2. The number of anilines is 1. The first-order chi connectivity index (χ1) is 22.4. The molecule has 250 valence electrons. The molecule has 2 heterocycles. The van der Waals surface area contributed by atoms with Gasteiger partial charge < -0.3 is 29.9 Å². The summed E-state index contributed by atoms with van der Waals surface area (Å²) < 4.78 is 5.73. The molecule has 3 aromatic carbocycles. The lowest BCUT2D eigenvalue weighted by molar-refractivity contribution is -0.187. The van der Waals surface area contributed by atoms with Gasteiger partial charge in [0.2, 0.25) is 11.8 Å². The molecule has 2 aliphatic rings. The number of nitrogens with one attached hydrogen (secondary N) is 1. The minimum absolute atomic E-state index is 0.0749. The summed E-state index contributed by atoms with van der Waals surface area (Å²) in [6, 6.07) is 16.8. The van der Waals surface area contributed by atoms with E-state index in [1.54, 1.807) is 59.3 Å². The van der Waals surface area contributed by atoms with Crippen molar-refractivity contribution in [2.24, 2.45) is 0 Å². The number of hydrogen-bond acceptors (Lipinski definition) is 7. The van der Waals surface area contributed by atoms with Gasteiger partial charge in [-0.2, -0.15) is 0 Å². The molecule has 2 saturated heterocycles. The van der Waals surface area contributed by atoms with Crippen LogP contribution in [0.4, 0.5) is 10.5 Å². The maximum Gasteiger partial charge on any atom is 0.334 e. The number of rotatable bonds is 9. The van der Waals surface area contributed by atoms with E-state index in [0.29, 0.717) is 5.02 Å². The van der Waals surface area contributed by atoms with Crippen molar-refractivity contribution < 1.29 is 24.2 Å². The Bertz CT molecular complexity index is 1630. The molecule has 2 aliphatic heterocycles. The van der Waals surface area contributed by atoms with E-state index in [1.165, 1.54) is 5.01 Å². The molecular weight excluding hydrogens is 620 g/mol. The number of halogens is 1. The van der Waals surface area contributed by atoms with Gasteiger partial charge in [-0.3, -0.25) is 9.59 Å². The van der Waals surface area contributed by atoms with Gasteiger partial charge in [0.15, 0.2) is 0 Å². The Morgan fingerprint density at radius 2 is 1.74 bits per heavy atom. The Morgan fingerprint density at radius 3 is 2.40 bits per heavy atom. The number of methoxy groups -OCH3 is 1. The lowest BCUT2D eigenvalue weighted by Gasteiger charge is -2.54. The monoisotopic (exact) mass is 662 g/mol. The quantitative estimate of drug-likeness (QED) is 0.349. The topological polar surface area (TPSA) is 109 Å². The third-order valence-electron chi connectivity index (χ3n) is 8.77. The summed E-state index contributed by atoms with van der Waals surface area (Å²) in [6.07, 6.45) is -0.557. The van der Waals surface area contributed by atoms with Gasteiger partial charge in [0, 0.05) is 46.2 Å². The second-order valence-corrected chi connectivity index (χ2v) is 12.9. The standard InChI is InChI=1S/C35H43ClN6O5/c1-22(2)27-11-7-9-24(33(27)47-6)18-37-35(46)42-30-20-40(19-25-10-8-12-28(36)32(25)38(3)4)34(45)29(41(30)31(44)21-39(42)5)17-23-13-15-26(43)16-14-23/h7-16,22,29-30,43H,17-21H2,1-6H3,(H,37,46). The van der Waals surface area contributed by atoms with Crippen LogP contribution in [0.3, 0.4) is 0 Å². The lowest BCUT2D eigenvalue weighted by atomic mass is 9.98. The SMILES string of the molecule is COc1c(CNC(=O)N2C3CN(Cc4cccc(Cl)c4N(C)C)C(=O)C(Cc4ccc(O)cc4)N3C(=O)CN2C)cccc1C(C)C. The van der Waals surface area contributed by atoms with Crippen molar-refractivity contribution in [1.82, 2.24) is 25.1 Å². The summed E-state index contributed by atoms with van der Waals surface area (Å²) in [5.41, 5.74) is 4.29. The van der Waals surface area contributed by atoms with E-state index in [1.807, 2.05) is 49.3 Å². The molecule has 4 amide bonds. The van der Waals surface area contributed by atoms with E-state index in [2.05, 4.69) is 19.2 Å². The van der Waals surface area contributed by atoms with Gasteiger partial charge in [0.25, 0.3) is 0 Å². The molecule has 2 fully saturated rings. The van der Waals surface area contributed by atoms with Crippen molar-refractivity contribution in [2.45, 2.75) is 51.5 Å². The molecule has 0 aliphatic carbocycles. The first-order valence-electron chi connectivity index (χ1n) is 15.7. The third kappa shape index (κ3) is 6.96. The number of fused-ring (bicyclic) bond motifs is 1. The fourth-order valence-corrected chi connectivity index (χ4v) is 6.96. The van der Waals surface area contributed by atoms with Gasteiger partial charge in [-0.15, -0.1) is 0 Å². The number of phenols is 1. The molecule has 47 heavy (non-hydrogen) atoms. The van der Waals surface area contributed by atoms with Crippen molar-refractivity contribution in [2.75, 3.05) is 46.2 Å². The zero-order valence-corrected chi connectivity index (χ0v) is 28.5. The maximum atomic E-state index is 14.3. The number of ether oxygens (including phenoxy) is 1. The number of carbonyl (C=O) groups is 3. The number of hydrazine groups is 1. The number of piperazine rings is 1. The van der Waals surface area contributed by atoms with Crippen LogP contribution < -0.4 is 15.0 Å². The molecule has 11 nitrogen and oxygen atoms in total. The Kier molecular flexibility index (Phi) is 10.2. The zero-order chi connectivity index (χ0) is 34.0. The van der Waals surface area contributed by atoms with Gasteiger partial charge in [0.1, 0.15) is 23.7 Å². The molecule has 2 atom stereocenters. The number of hydrogen-bond donors (Lipinski definition) is 2. The molecule has 0 saturated carbocycles. The van der Waals surface area contributed by atoms with Crippen molar-refractivity contribution in [3.8, 4) is 11.5 Å². The van der Waals surface area contributed by atoms with E-state index in [-0.39, 0.29) is 56.1 Å². The van der Waals surface area contributed by atoms with Crippen molar-refractivity contribution in [1.29, 1.82) is 0 Å². The van der Waals surface area contributed by atoms with E-state index in [4.69, 9.17) is 16.3 Å². The Balaban J connectivity index is 1.49. The first kappa shape index (κ1) is 33.9. The number of nitrogens with zero attached hydrogens (tertiary/aromatic N) is 5. The molecule has 0 bridgehead atoms. The molecule has 5 rings (SSSR count). The minimum Gasteiger partial charge on any atom is -0.508 e. The summed E-state index contributed by atoms with van der Waals surface area (Å²) in [5.74, 6) is 0.591. The van der Waals surface area contributed by atoms with Gasteiger partial charge >= 0.3 is 6.03 Å². The highest BCUT2D eigenvalue weighted by Crippen LogP contribution is 2.34. The highest BCUT2D eigenvalue weighted by atomic mass is 35.5. The van der Waals surface area contributed by atoms with Crippen LogP contribution in [-0.4, -0.2) is 96.3 Å². The summed E-state index contributed by atoms with van der Waals surface area (Å²) >= 11 is 6.58. The fourth-order valence-electron chi connectivity index (χ4n) is 6.60. The number of para-hydroxylation sites is 2. The van der Waals surface area contributed by atoms with Crippen LogP contribution in [0.1, 0.15) is 42.0 Å². The third-order valence-corrected chi connectivity index (χ3v) is 9.08. The number of benzene rings is 3. The largest absolute Gasteiger partial charge is 0.508 e. The number of likely N-dealkylation sites (N-methyl/N-ethyl adjacent to an activating group) is 1. The van der Waals surface area contributed by atoms with Gasteiger partial charge in [0.05, 0.1) is 30.9 Å². The molecule has 2 N–H and O–H groups in total. The minimum atomic E-state index is -0.875. The highest BCUT2D eigenvalue weighted by molar-refractivity contribution is 6.33. The number of amides is 4. The molecule has 3 aromatic rings. The number of aromatic hydroxyl groups is 1. The van der Waals surface area contributed by atoms with Crippen LogP contribution in [0.15, 0.2) is 60.7 Å². The average molecular weight is 663 g/mol. The first-order valence-corrected chi connectivity index (χ1v) is 16.1. The van der Waals surface area contributed by atoms with Crippen LogP contribution in [0.2, 0.25) is 5.02 Å². The molecule has 0 aromatic heterocycles. The normalized spacial score (nSPS) is 18.4. The zero-order valence-electron chi connectivity index (χ0n) is 27.7. The Labute approximate surface area is 281 Å². The van der Waals surface area contributed by atoms with Crippen LogP contribution >= 0.6 is 11.6 Å². The fraction of sp³-hybridized carbons (Fsp3) is 0.400. The van der Waals surface area contributed by atoms with Gasteiger partial charge in [-0.05, 0) is 40.8 Å². The summed E-state index contributed by atoms with van der Waals surface area (Å²) in [5, 5.41) is 16.6. The van der Waals surface area contributed by atoms with E-state index < -0.39 is 18.2 Å². The maximum absolute atomic E-state index is 14.3. The molecule has 2 unspecified atom stereocenters. The number of phenolic OH excluding ortho intramolecular Hbond substituents is 1. The molecule has 0 radical (unpaired) electrons. The van der Waals surface area contributed by atoms with E-state index in [0.717, 1.165) is 33.7 Å². The highest BCUT2D eigenvalue weighted by Gasteiger charge is 2.50. The van der Waals surface area contributed by atoms with Gasteiger partial charge in [-0.1, -0.05) is 67.9 Å². The number of carbonyl (C=O) groups excluding carboxylic acids is 3. The lowest BCUT2D eigenvalue weighted by Crippen LogP contribution is -2.76. The number of urea groups is 1. The Hall–Kier alpha value is -4.48. The van der Waals surface area contributed by atoms with E-state index in [9.17, 15) is 19.5 Å². The van der Waals surface area contributed by atoms with Crippen molar-refractivity contribution in [3.63, 3.8) is 0 Å². The second kappa shape index (κ2) is 14.1. The Morgan fingerprint density at radius 1 is 1.06 bits per heavy atom. The molecule has 0 spiro atoms. The predicted octanol–water partition coefficient (Wildman–Crippen LogP) is 4.42. The van der Waals surface area contributed by atoms with Crippen molar-refractivity contribution >= 4 is 35.1 Å².